The highest BCUT2D eigenvalue weighted by atomic mass is 32.2. The number of benzene rings is 3. The third kappa shape index (κ3) is 4.39. The molecule has 0 heterocycles. The van der Waals surface area contributed by atoms with Gasteiger partial charge in [-0.05, 0) is 56.2 Å². The number of hydrogen-bond donors (Lipinski definition) is 0. The van der Waals surface area contributed by atoms with Gasteiger partial charge in [-0.25, -0.2) is 8.42 Å². The molecule has 1 saturated carbocycles. The zero-order chi connectivity index (χ0) is 27.5. The van der Waals surface area contributed by atoms with Gasteiger partial charge in [-0.15, -0.1) is 0 Å². The normalized spacial score (nSPS) is 18.2. The summed E-state index contributed by atoms with van der Waals surface area (Å²) in [5.74, 6) is -2.57. The summed E-state index contributed by atoms with van der Waals surface area (Å²) in [6.07, 6.45) is 0. The highest BCUT2D eigenvalue weighted by molar-refractivity contribution is 7.92. The zero-order valence-corrected chi connectivity index (χ0v) is 22.5. The van der Waals surface area contributed by atoms with Crippen molar-refractivity contribution in [2.24, 2.45) is 5.41 Å². The van der Waals surface area contributed by atoms with E-state index in [0.29, 0.717) is 11.1 Å². The summed E-state index contributed by atoms with van der Waals surface area (Å²) in [6.45, 7) is 9.34. The minimum atomic E-state index is -4.28. The molecule has 0 unspecified atom stereocenters. The second-order valence-corrected chi connectivity index (χ2v) is 10.9. The first-order valence-corrected chi connectivity index (χ1v) is 13.9. The zero-order valence-electron chi connectivity index (χ0n) is 21.7. The Morgan fingerprint density at radius 3 is 1.84 bits per heavy atom. The van der Waals surface area contributed by atoms with Gasteiger partial charge in [0.1, 0.15) is 0 Å². The largest absolute Gasteiger partial charge is 0.465 e. The summed E-state index contributed by atoms with van der Waals surface area (Å²) < 4.78 is 40.6. The minimum Gasteiger partial charge on any atom is -0.465 e. The number of anilines is 1. The molecular formula is C30H31NO6S. The van der Waals surface area contributed by atoms with Gasteiger partial charge in [-0.2, -0.15) is 0 Å². The Kier molecular flexibility index (Phi) is 7.73. The molecule has 198 valence electrons. The van der Waals surface area contributed by atoms with Crippen molar-refractivity contribution in [1.82, 2.24) is 0 Å². The van der Waals surface area contributed by atoms with Crippen LogP contribution < -0.4 is 4.31 Å². The third-order valence-corrected chi connectivity index (χ3v) is 8.60. The van der Waals surface area contributed by atoms with Gasteiger partial charge in [0.2, 0.25) is 5.41 Å². The standard InChI is InChI=1S/C30H31NO6S/c1-5-36-28(32)30(29(33)37-6-2)26(23-13-9-7-10-14-23)22(4)27(30)31(24-15-11-8-12-16-24)38(34,35)25-19-17-21(3)18-20-25/h7-20,26-27H,4-6H2,1-3H3/t26-,27+/m0/s1. The lowest BCUT2D eigenvalue weighted by molar-refractivity contribution is -0.179. The molecule has 0 N–H and O–H groups in total. The Morgan fingerprint density at radius 1 is 0.842 bits per heavy atom. The predicted octanol–water partition coefficient (Wildman–Crippen LogP) is 5.03. The van der Waals surface area contributed by atoms with Crippen LogP contribution in [0.1, 0.15) is 30.9 Å². The van der Waals surface area contributed by atoms with Crippen LogP contribution in [0, 0.1) is 12.3 Å². The van der Waals surface area contributed by atoms with Gasteiger partial charge < -0.3 is 9.47 Å². The van der Waals surface area contributed by atoms with E-state index in [0.717, 1.165) is 9.87 Å². The summed E-state index contributed by atoms with van der Waals surface area (Å²) in [5.41, 5.74) is 0.175. The van der Waals surface area contributed by atoms with Crippen LogP contribution >= 0.6 is 0 Å². The van der Waals surface area contributed by atoms with Crippen molar-refractivity contribution in [1.29, 1.82) is 0 Å². The molecule has 0 saturated heterocycles. The molecule has 1 aliphatic carbocycles. The van der Waals surface area contributed by atoms with Crippen molar-refractivity contribution >= 4 is 27.6 Å². The van der Waals surface area contributed by atoms with E-state index in [4.69, 9.17) is 9.47 Å². The van der Waals surface area contributed by atoms with Gasteiger partial charge in [0, 0.05) is 5.92 Å². The number of aryl methyl sites for hydroxylation is 1. The first-order chi connectivity index (χ1) is 18.2. The second kappa shape index (κ2) is 10.8. The maximum absolute atomic E-state index is 14.3. The number of rotatable bonds is 9. The monoisotopic (exact) mass is 533 g/mol. The number of ether oxygens (including phenoxy) is 2. The van der Waals surface area contributed by atoms with Gasteiger partial charge in [0.25, 0.3) is 10.0 Å². The summed E-state index contributed by atoms with van der Waals surface area (Å²) in [5, 5.41) is 0. The average molecular weight is 534 g/mol. The molecular weight excluding hydrogens is 502 g/mol. The van der Waals surface area contributed by atoms with Crippen LogP contribution in [0.25, 0.3) is 0 Å². The molecule has 4 rings (SSSR count). The maximum atomic E-state index is 14.3. The fourth-order valence-corrected chi connectivity index (χ4v) is 6.82. The summed E-state index contributed by atoms with van der Waals surface area (Å²) in [4.78, 5) is 27.7. The number of carbonyl (C=O) groups is 2. The molecule has 0 amide bonds. The quantitative estimate of drug-likeness (QED) is 0.218. The Hall–Kier alpha value is -3.91. The molecule has 0 bridgehead atoms. The summed E-state index contributed by atoms with van der Waals surface area (Å²) in [7, 11) is -4.28. The van der Waals surface area contributed by atoms with Crippen LogP contribution in [0.5, 0.6) is 0 Å². The van der Waals surface area contributed by atoms with Crippen molar-refractivity contribution in [3.8, 4) is 0 Å². The Labute approximate surface area is 223 Å². The fourth-order valence-electron chi connectivity index (χ4n) is 5.13. The van der Waals surface area contributed by atoms with Gasteiger partial charge in [0.15, 0.2) is 0 Å². The lowest BCUT2D eigenvalue weighted by atomic mass is 9.51. The van der Waals surface area contributed by atoms with E-state index in [1.807, 2.05) is 13.0 Å². The number of nitrogens with zero attached hydrogens (tertiary/aromatic N) is 1. The van der Waals surface area contributed by atoms with Crippen molar-refractivity contribution < 1.29 is 27.5 Å². The molecule has 2 atom stereocenters. The maximum Gasteiger partial charge on any atom is 0.327 e. The van der Waals surface area contributed by atoms with E-state index in [1.54, 1.807) is 80.6 Å². The van der Waals surface area contributed by atoms with Crippen molar-refractivity contribution in [3.63, 3.8) is 0 Å². The van der Waals surface area contributed by atoms with Crippen LogP contribution in [-0.2, 0) is 29.1 Å². The van der Waals surface area contributed by atoms with E-state index in [2.05, 4.69) is 6.58 Å². The van der Waals surface area contributed by atoms with Crippen LogP contribution in [-0.4, -0.2) is 39.6 Å². The van der Waals surface area contributed by atoms with E-state index in [-0.39, 0.29) is 23.8 Å². The van der Waals surface area contributed by atoms with E-state index in [9.17, 15) is 18.0 Å². The van der Waals surface area contributed by atoms with Crippen molar-refractivity contribution in [2.45, 2.75) is 37.6 Å². The number of sulfonamides is 1. The minimum absolute atomic E-state index is 0.00323. The van der Waals surface area contributed by atoms with Gasteiger partial charge in [0.05, 0.1) is 29.8 Å². The van der Waals surface area contributed by atoms with Gasteiger partial charge >= 0.3 is 11.9 Å². The lowest BCUT2D eigenvalue weighted by Crippen LogP contribution is -2.70. The van der Waals surface area contributed by atoms with Crippen molar-refractivity contribution in [3.05, 3.63) is 108 Å². The number of hydrogen-bond acceptors (Lipinski definition) is 6. The first-order valence-electron chi connectivity index (χ1n) is 12.4. The smallest absolute Gasteiger partial charge is 0.327 e. The highest BCUT2D eigenvalue weighted by Gasteiger charge is 2.73. The number of esters is 2. The fraction of sp³-hybridized carbons (Fsp3) is 0.267. The van der Waals surface area contributed by atoms with Crippen LogP contribution in [0.3, 0.4) is 0 Å². The molecule has 3 aromatic rings. The SMILES string of the molecule is C=C1[C@@H](c2ccccc2)C(C(=O)OCC)(C(=O)OCC)[C@@H]1N(c1ccccc1)S(=O)(=O)c1ccc(C)cc1. The van der Waals surface area contributed by atoms with Gasteiger partial charge in [-0.3, -0.25) is 13.9 Å². The van der Waals surface area contributed by atoms with Gasteiger partial charge in [-0.1, -0.05) is 72.8 Å². The molecule has 0 aliphatic heterocycles. The van der Waals surface area contributed by atoms with E-state index >= 15 is 0 Å². The van der Waals surface area contributed by atoms with E-state index < -0.39 is 39.3 Å². The lowest BCUT2D eigenvalue weighted by Gasteiger charge is -2.56. The second-order valence-electron chi connectivity index (χ2n) is 9.08. The molecule has 8 heteroatoms. The molecule has 0 spiro atoms. The Morgan fingerprint density at radius 2 is 1.34 bits per heavy atom. The average Bonchev–Trinajstić information content (AvgIpc) is 2.91. The van der Waals surface area contributed by atoms with Crippen LogP contribution in [0.4, 0.5) is 5.69 Å². The summed E-state index contributed by atoms with van der Waals surface area (Å²) >= 11 is 0. The van der Waals surface area contributed by atoms with E-state index in [1.165, 1.54) is 12.1 Å². The van der Waals surface area contributed by atoms with Crippen LogP contribution in [0.2, 0.25) is 0 Å². The molecule has 3 aromatic carbocycles. The third-order valence-electron chi connectivity index (χ3n) is 6.79. The predicted molar refractivity (Wildman–Crippen MR) is 145 cm³/mol. The molecule has 0 aromatic heterocycles. The topological polar surface area (TPSA) is 90.0 Å². The van der Waals surface area contributed by atoms with Crippen LogP contribution in [0.15, 0.2) is 102 Å². The first kappa shape index (κ1) is 27.1. The number of carbonyl (C=O) groups excluding carboxylic acids is 2. The summed E-state index contributed by atoms with van der Waals surface area (Å²) in [6, 6.07) is 22.4. The molecule has 1 fully saturated rings. The molecule has 38 heavy (non-hydrogen) atoms. The Bertz CT molecular complexity index is 1400. The Balaban J connectivity index is 2.01. The number of para-hydroxylation sites is 1. The highest BCUT2D eigenvalue weighted by Crippen LogP contribution is 2.61. The molecule has 1 aliphatic rings. The van der Waals surface area contributed by atoms with Crippen molar-refractivity contribution in [2.75, 3.05) is 17.5 Å². The molecule has 0 radical (unpaired) electrons. The molecule has 7 nitrogen and oxygen atoms in total.